The first-order chi connectivity index (χ1) is 25.3. The fourth-order valence-electron chi connectivity index (χ4n) is 4.97. The van der Waals surface area contributed by atoms with Crippen molar-refractivity contribution in [3.63, 3.8) is 0 Å². The molecule has 0 saturated carbocycles. The van der Waals surface area contributed by atoms with E-state index in [1.165, 1.54) is 23.5 Å². The maximum Gasteiger partial charge on any atom is 0.326 e. The van der Waals surface area contributed by atoms with E-state index >= 15 is 0 Å². The molecule has 11 N–H and O–H groups in total. The molecule has 310 valence electrons. The lowest BCUT2D eigenvalue weighted by molar-refractivity contribution is -0.144. The Bertz CT molecular complexity index is 1280. The van der Waals surface area contributed by atoms with E-state index in [0.29, 0.717) is 24.3 Å². The van der Waals surface area contributed by atoms with Gasteiger partial charge in [0.2, 0.25) is 35.4 Å². The predicted molar refractivity (Wildman–Crippen MR) is 206 cm³/mol. The van der Waals surface area contributed by atoms with Crippen LogP contribution in [-0.2, 0) is 38.4 Å². The largest absolute Gasteiger partial charge is 0.481 e. The molecule has 0 unspecified atom stereocenters. The number of aliphatic carboxylic acids is 2. The summed E-state index contributed by atoms with van der Waals surface area (Å²) in [5.74, 6) is -7.86. The van der Waals surface area contributed by atoms with Crippen LogP contribution in [0.1, 0.15) is 73.6 Å². The molecule has 0 saturated heterocycles. The minimum absolute atomic E-state index is 0.133. The van der Waals surface area contributed by atoms with E-state index in [-0.39, 0.29) is 12.8 Å². The summed E-state index contributed by atoms with van der Waals surface area (Å²) in [6.07, 6.45) is 4.10. The molecule has 0 aliphatic carbocycles. The molecule has 18 nitrogen and oxygen atoms in total. The average molecular weight is 808 g/mol. The highest BCUT2D eigenvalue weighted by atomic mass is 32.2. The molecule has 0 spiro atoms. The molecule has 20 heteroatoms. The number of hydrogen-bond donors (Lipinski definition) is 10. The lowest BCUT2D eigenvalue weighted by atomic mass is 9.97. The Kier molecular flexibility index (Phi) is 24.5. The highest BCUT2D eigenvalue weighted by Crippen LogP contribution is 2.13. The van der Waals surface area contributed by atoms with Crippen LogP contribution in [0.5, 0.6) is 0 Å². The number of carbonyl (C=O) groups excluding carboxylic acids is 6. The SMILES string of the molecule is CC[C@H](C)[C@H](NC(=O)[C@H](CO)NC(=O)[C@@H](NC(=O)[C@H](CCSC)NC(=O)[C@@H](NC(=O)[C@H](CCSC)NC(=O)[C@@H](N)CC(=O)O)[C@@H](C)CC)C(C)C)C(=O)O. The zero-order valence-corrected chi connectivity index (χ0v) is 34.1. The molecule has 6 amide bonds. The highest BCUT2D eigenvalue weighted by molar-refractivity contribution is 7.98. The minimum atomic E-state index is -1.52. The van der Waals surface area contributed by atoms with Crippen molar-refractivity contribution in [1.29, 1.82) is 0 Å². The molecule has 0 bridgehead atoms. The number of nitrogens with one attached hydrogen (secondary N) is 6. The van der Waals surface area contributed by atoms with Crippen LogP contribution in [0.25, 0.3) is 0 Å². The monoisotopic (exact) mass is 807 g/mol. The van der Waals surface area contributed by atoms with Gasteiger partial charge >= 0.3 is 11.9 Å². The highest BCUT2D eigenvalue weighted by Gasteiger charge is 2.36. The lowest BCUT2D eigenvalue weighted by Gasteiger charge is -2.30. The van der Waals surface area contributed by atoms with Gasteiger partial charge in [-0.25, -0.2) is 4.79 Å². The maximum absolute atomic E-state index is 13.8. The van der Waals surface area contributed by atoms with Crippen molar-refractivity contribution in [2.75, 3.05) is 30.6 Å². The fraction of sp³-hybridized carbons (Fsp3) is 0.765. The zero-order chi connectivity index (χ0) is 41.7. The number of aliphatic hydroxyl groups excluding tert-OH is 1. The molecule has 0 aliphatic rings. The topological polar surface area (TPSA) is 295 Å². The number of aliphatic hydroxyl groups is 1. The van der Waals surface area contributed by atoms with E-state index < -0.39 is 120 Å². The number of carboxylic acid groups (broad SMARTS) is 2. The Hall–Kier alpha value is -3.62. The first-order valence-corrected chi connectivity index (χ1v) is 20.7. The molecular weight excluding hydrogens is 747 g/mol. The molecule has 0 aromatic heterocycles. The second-order valence-corrected chi connectivity index (χ2v) is 15.4. The zero-order valence-electron chi connectivity index (χ0n) is 32.4. The fourth-order valence-corrected chi connectivity index (χ4v) is 5.91. The first kappa shape index (κ1) is 50.4. The Morgan fingerprint density at radius 3 is 1.37 bits per heavy atom. The number of rotatable bonds is 27. The normalized spacial score (nSPS) is 16.2. The quantitative estimate of drug-likeness (QED) is 0.0478. The van der Waals surface area contributed by atoms with Gasteiger partial charge in [0, 0.05) is 0 Å². The van der Waals surface area contributed by atoms with Gasteiger partial charge in [-0.1, -0.05) is 54.4 Å². The molecular formula is C34H61N7O11S2. The van der Waals surface area contributed by atoms with Crippen molar-refractivity contribution in [3.05, 3.63) is 0 Å². The number of nitrogens with two attached hydrogens (primary N) is 1. The van der Waals surface area contributed by atoms with Crippen LogP contribution >= 0.6 is 23.5 Å². The van der Waals surface area contributed by atoms with Crippen LogP contribution in [0.4, 0.5) is 0 Å². The molecule has 0 aromatic carbocycles. The van der Waals surface area contributed by atoms with Crippen molar-refractivity contribution >= 4 is 70.9 Å². The summed E-state index contributed by atoms with van der Waals surface area (Å²) in [6, 6.07) is -8.90. The second-order valence-electron chi connectivity index (χ2n) is 13.4. The van der Waals surface area contributed by atoms with Gasteiger partial charge in [0.1, 0.15) is 36.3 Å². The Labute approximate surface area is 325 Å². The van der Waals surface area contributed by atoms with E-state index in [0.717, 1.165) is 0 Å². The van der Waals surface area contributed by atoms with Crippen LogP contribution < -0.4 is 37.6 Å². The van der Waals surface area contributed by atoms with Crippen molar-refractivity contribution in [2.24, 2.45) is 23.5 Å². The van der Waals surface area contributed by atoms with Gasteiger partial charge in [-0.05, 0) is 54.6 Å². The predicted octanol–water partition coefficient (Wildman–Crippen LogP) is -0.971. The summed E-state index contributed by atoms with van der Waals surface area (Å²) in [5, 5.41) is 43.6. The van der Waals surface area contributed by atoms with Gasteiger partial charge in [-0.3, -0.25) is 33.6 Å². The third-order valence-electron chi connectivity index (χ3n) is 8.85. The molecule has 9 atom stereocenters. The smallest absolute Gasteiger partial charge is 0.326 e. The number of amides is 6. The standard InChI is InChI=1S/C34H61N7O11S2/c1-9-18(5)26(40-30(47)21(11-13-53-7)36-28(45)20(35)15-24(43)44)33(50)37-22(12-14-54-8)29(46)39-25(17(3)4)32(49)38-23(16-42)31(48)41-27(34(51)52)19(6)10-2/h17-23,25-27,42H,9-16,35H2,1-8H3,(H,36,45)(H,37,50)(H,38,49)(H,39,46)(H,40,47)(H,41,48)(H,43,44)(H,51,52)/t18-,19-,20-,21-,22-,23-,25-,26-,27-/m0/s1. The van der Waals surface area contributed by atoms with E-state index in [1.807, 2.05) is 0 Å². The van der Waals surface area contributed by atoms with Gasteiger partial charge in [0.15, 0.2) is 0 Å². The molecule has 0 aliphatic heterocycles. The van der Waals surface area contributed by atoms with Gasteiger partial charge in [0.05, 0.1) is 19.1 Å². The third-order valence-corrected chi connectivity index (χ3v) is 10.1. The van der Waals surface area contributed by atoms with E-state index in [4.69, 9.17) is 10.8 Å². The third kappa shape index (κ3) is 17.7. The van der Waals surface area contributed by atoms with Crippen molar-refractivity contribution in [1.82, 2.24) is 31.9 Å². The molecule has 0 heterocycles. The molecule has 0 rings (SSSR count). The van der Waals surface area contributed by atoms with Gasteiger partial charge < -0.3 is 53.0 Å². The number of hydrogen-bond acceptors (Lipinski definition) is 12. The number of carboxylic acids is 2. The Balaban J connectivity index is 6.14. The number of thioether (sulfide) groups is 2. The van der Waals surface area contributed by atoms with E-state index in [9.17, 15) is 48.6 Å². The van der Waals surface area contributed by atoms with Gasteiger partial charge in [0.25, 0.3) is 0 Å². The second kappa shape index (κ2) is 26.2. The lowest BCUT2D eigenvalue weighted by Crippen LogP contribution is -2.62. The molecule has 0 aromatic rings. The Morgan fingerprint density at radius 1 is 0.574 bits per heavy atom. The van der Waals surface area contributed by atoms with Gasteiger partial charge in [-0.15, -0.1) is 0 Å². The van der Waals surface area contributed by atoms with Crippen molar-refractivity contribution in [3.8, 4) is 0 Å². The van der Waals surface area contributed by atoms with Crippen LogP contribution in [0.3, 0.4) is 0 Å². The summed E-state index contributed by atoms with van der Waals surface area (Å²) >= 11 is 2.80. The van der Waals surface area contributed by atoms with E-state index in [1.54, 1.807) is 54.1 Å². The van der Waals surface area contributed by atoms with Crippen LogP contribution in [0.15, 0.2) is 0 Å². The summed E-state index contributed by atoms with van der Waals surface area (Å²) in [6.45, 7) is 9.31. The summed E-state index contributed by atoms with van der Waals surface area (Å²) in [4.78, 5) is 103. The molecule has 54 heavy (non-hydrogen) atoms. The van der Waals surface area contributed by atoms with Crippen molar-refractivity contribution in [2.45, 2.75) is 116 Å². The average Bonchev–Trinajstić information content (AvgIpc) is 3.11. The van der Waals surface area contributed by atoms with Gasteiger partial charge in [-0.2, -0.15) is 23.5 Å². The van der Waals surface area contributed by atoms with E-state index in [2.05, 4.69) is 31.9 Å². The minimum Gasteiger partial charge on any atom is -0.481 e. The van der Waals surface area contributed by atoms with Crippen LogP contribution in [0, 0.1) is 17.8 Å². The number of carbonyl (C=O) groups is 8. The first-order valence-electron chi connectivity index (χ1n) is 17.9. The van der Waals surface area contributed by atoms with Crippen molar-refractivity contribution < 1.29 is 53.7 Å². The van der Waals surface area contributed by atoms with Crippen LogP contribution in [-0.4, -0.2) is 136 Å². The summed E-state index contributed by atoms with van der Waals surface area (Å²) in [5.41, 5.74) is 5.69. The molecule has 0 fully saturated rings. The Morgan fingerprint density at radius 2 is 0.963 bits per heavy atom. The summed E-state index contributed by atoms with van der Waals surface area (Å²) in [7, 11) is 0. The summed E-state index contributed by atoms with van der Waals surface area (Å²) < 4.78 is 0. The maximum atomic E-state index is 13.8. The van der Waals surface area contributed by atoms with Crippen LogP contribution in [0.2, 0.25) is 0 Å². The molecule has 0 radical (unpaired) electrons.